The van der Waals surface area contributed by atoms with Gasteiger partial charge in [-0.1, -0.05) is 0 Å². The van der Waals surface area contributed by atoms with Crippen molar-refractivity contribution < 1.29 is 13.9 Å². The molecule has 1 saturated heterocycles. The summed E-state index contributed by atoms with van der Waals surface area (Å²) in [7, 11) is 0. The average Bonchev–Trinajstić information content (AvgIpc) is 3.55. The molecular weight excluding hydrogens is 416 g/mol. The Labute approximate surface area is 181 Å². The molecule has 2 aliphatic rings. The molecule has 9 heteroatoms. The number of fused-ring (bicyclic) bond motifs is 5. The molecule has 1 amide bonds. The van der Waals surface area contributed by atoms with Crippen LogP contribution in [0.4, 0.5) is 0 Å². The molecule has 1 aliphatic heterocycles. The van der Waals surface area contributed by atoms with Crippen LogP contribution in [0, 0.1) is 0 Å². The molecule has 0 spiro atoms. The number of hydrogen-bond acceptors (Lipinski definition) is 7. The van der Waals surface area contributed by atoms with Crippen molar-refractivity contribution in [2.45, 2.75) is 25.8 Å². The fraction of sp³-hybridized carbons (Fsp3) is 0.364. The molecule has 0 radical (unpaired) electrons. The fourth-order valence-corrected chi connectivity index (χ4v) is 5.69. The summed E-state index contributed by atoms with van der Waals surface area (Å²) in [5, 5.41) is 0.978. The summed E-state index contributed by atoms with van der Waals surface area (Å²) < 4.78 is 12.9. The van der Waals surface area contributed by atoms with Crippen LogP contribution in [0.1, 0.15) is 17.5 Å². The Morgan fingerprint density at radius 1 is 1.19 bits per heavy atom. The first-order valence-electron chi connectivity index (χ1n) is 10.4. The summed E-state index contributed by atoms with van der Waals surface area (Å²) in [6.45, 7) is 2.15. The number of aryl methyl sites for hydroxylation is 1. The summed E-state index contributed by atoms with van der Waals surface area (Å²) in [6, 6.07) is 3.78. The molecule has 4 aromatic rings. The first kappa shape index (κ1) is 18.7. The third-order valence-electron chi connectivity index (χ3n) is 6.09. The number of furan rings is 1. The standard InChI is InChI=1S/C22H20N4O4S/c27-16(25-6-9-29-10-7-25)11-26-12-23-19-17-13-3-1-4-14(13)18(15-5-2-8-30-15)24-21(17)31-20(19)22(26)28/h2,5,8,12H,1,3-4,6-7,9-11H2. The van der Waals surface area contributed by atoms with Gasteiger partial charge >= 0.3 is 0 Å². The third kappa shape index (κ3) is 2.99. The predicted molar refractivity (Wildman–Crippen MR) is 116 cm³/mol. The minimum absolute atomic E-state index is 0.0147. The maximum absolute atomic E-state index is 13.2. The fourth-order valence-electron chi connectivity index (χ4n) is 4.58. The van der Waals surface area contributed by atoms with Gasteiger partial charge in [-0.3, -0.25) is 14.2 Å². The van der Waals surface area contributed by atoms with E-state index in [0.717, 1.165) is 40.9 Å². The smallest absolute Gasteiger partial charge is 0.271 e. The van der Waals surface area contributed by atoms with Crippen LogP contribution in [-0.2, 0) is 28.9 Å². The van der Waals surface area contributed by atoms with Crippen LogP contribution in [-0.4, -0.2) is 51.6 Å². The summed E-state index contributed by atoms with van der Waals surface area (Å²) in [4.78, 5) is 37.9. The molecule has 0 bridgehead atoms. The van der Waals surface area contributed by atoms with Gasteiger partial charge < -0.3 is 14.1 Å². The molecule has 1 fully saturated rings. The van der Waals surface area contributed by atoms with Gasteiger partial charge in [-0.15, -0.1) is 11.3 Å². The molecule has 158 valence electrons. The molecule has 5 heterocycles. The van der Waals surface area contributed by atoms with Crippen LogP contribution in [0.25, 0.3) is 31.9 Å². The van der Waals surface area contributed by atoms with Gasteiger partial charge in [0.05, 0.1) is 31.3 Å². The number of thiophene rings is 1. The van der Waals surface area contributed by atoms with Crippen molar-refractivity contribution in [1.29, 1.82) is 0 Å². The zero-order chi connectivity index (χ0) is 20.9. The highest BCUT2D eigenvalue weighted by molar-refractivity contribution is 7.25. The topological polar surface area (TPSA) is 90.5 Å². The van der Waals surface area contributed by atoms with Crippen LogP contribution >= 0.6 is 11.3 Å². The molecule has 0 aromatic carbocycles. The minimum Gasteiger partial charge on any atom is -0.463 e. The zero-order valence-corrected chi connectivity index (χ0v) is 17.6. The van der Waals surface area contributed by atoms with Crippen LogP contribution in [0.5, 0.6) is 0 Å². The molecule has 0 unspecified atom stereocenters. The van der Waals surface area contributed by atoms with Crippen LogP contribution in [0.3, 0.4) is 0 Å². The maximum atomic E-state index is 13.2. The molecule has 8 nitrogen and oxygen atoms in total. The Kier molecular flexibility index (Phi) is 4.39. The second-order valence-electron chi connectivity index (χ2n) is 7.88. The van der Waals surface area contributed by atoms with Gasteiger partial charge in [-0.2, -0.15) is 0 Å². The van der Waals surface area contributed by atoms with Crippen molar-refractivity contribution >= 4 is 37.7 Å². The van der Waals surface area contributed by atoms with E-state index in [0.29, 0.717) is 36.5 Å². The van der Waals surface area contributed by atoms with Gasteiger partial charge in [0, 0.05) is 18.5 Å². The van der Waals surface area contributed by atoms with Crippen molar-refractivity contribution in [2.75, 3.05) is 26.3 Å². The average molecular weight is 436 g/mol. The Bertz CT molecular complexity index is 1370. The Balaban J connectivity index is 1.47. The van der Waals surface area contributed by atoms with E-state index in [1.807, 2.05) is 12.1 Å². The van der Waals surface area contributed by atoms with E-state index in [1.165, 1.54) is 33.4 Å². The molecular formula is C22H20N4O4S. The largest absolute Gasteiger partial charge is 0.463 e. The maximum Gasteiger partial charge on any atom is 0.271 e. The van der Waals surface area contributed by atoms with Crippen molar-refractivity contribution in [3.05, 3.63) is 46.2 Å². The summed E-state index contributed by atoms with van der Waals surface area (Å²) in [5.41, 5.74) is 3.77. The minimum atomic E-state index is -0.194. The predicted octanol–water partition coefficient (Wildman–Crippen LogP) is 2.61. The third-order valence-corrected chi connectivity index (χ3v) is 7.15. The van der Waals surface area contributed by atoms with E-state index in [2.05, 4.69) is 4.98 Å². The van der Waals surface area contributed by atoms with Gasteiger partial charge in [0.15, 0.2) is 5.76 Å². The van der Waals surface area contributed by atoms with E-state index < -0.39 is 0 Å². The van der Waals surface area contributed by atoms with Crippen LogP contribution < -0.4 is 5.56 Å². The number of ether oxygens (including phenoxy) is 1. The van der Waals surface area contributed by atoms with Crippen molar-refractivity contribution in [3.8, 4) is 11.5 Å². The Morgan fingerprint density at radius 3 is 2.84 bits per heavy atom. The van der Waals surface area contributed by atoms with E-state index in [1.54, 1.807) is 11.2 Å². The first-order chi connectivity index (χ1) is 15.2. The molecule has 0 saturated carbocycles. The number of aromatic nitrogens is 3. The Hall–Kier alpha value is -3.04. The first-order valence-corrected chi connectivity index (χ1v) is 11.2. The highest BCUT2D eigenvalue weighted by atomic mass is 32.1. The lowest BCUT2D eigenvalue weighted by Gasteiger charge is -2.26. The molecule has 0 atom stereocenters. The number of morpholine rings is 1. The highest BCUT2D eigenvalue weighted by Gasteiger charge is 2.26. The Morgan fingerprint density at radius 2 is 2.03 bits per heavy atom. The number of rotatable bonds is 3. The molecule has 0 N–H and O–H groups in total. The number of carbonyl (C=O) groups is 1. The second-order valence-corrected chi connectivity index (χ2v) is 8.88. The van der Waals surface area contributed by atoms with Gasteiger partial charge in [0.1, 0.15) is 21.8 Å². The van der Waals surface area contributed by atoms with Crippen LogP contribution in [0.15, 0.2) is 33.9 Å². The van der Waals surface area contributed by atoms with E-state index in [-0.39, 0.29) is 18.0 Å². The summed E-state index contributed by atoms with van der Waals surface area (Å²) in [6.07, 6.45) is 6.08. The van der Waals surface area contributed by atoms with E-state index >= 15 is 0 Å². The number of hydrogen-bond donors (Lipinski definition) is 0. The number of amides is 1. The quantitative estimate of drug-likeness (QED) is 0.490. The van der Waals surface area contributed by atoms with E-state index in [9.17, 15) is 9.59 Å². The number of pyridine rings is 1. The zero-order valence-electron chi connectivity index (χ0n) is 16.8. The van der Waals surface area contributed by atoms with Crippen molar-refractivity contribution in [3.63, 3.8) is 0 Å². The summed E-state index contributed by atoms with van der Waals surface area (Å²) >= 11 is 1.35. The summed E-state index contributed by atoms with van der Waals surface area (Å²) in [5.74, 6) is 0.658. The molecule has 4 aromatic heterocycles. The lowest BCUT2D eigenvalue weighted by atomic mass is 10.0. The number of carbonyl (C=O) groups excluding carboxylic acids is 1. The van der Waals surface area contributed by atoms with Gasteiger partial charge in [0.25, 0.3) is 5.56 Å². The molecule has 1 aliphatic carbocycles. The van der Waals surface area contributed by atoms with Gasteiger partial charge in [-0.25, -0.2) is 9.97 Å². The van der Waals surface area contributed by atoms with Crippen molar-refractivity contribution in [2.24, 2.45) is 0 Å². The molecule has 31 heavy (non-hydrogen) atoms. The van der Waals surface area contributed by atoms with Crippen molar-refractivity contribution in [1.82, 2.24) is 19.4 Å². The molecule has 6 rings (SSSR count). The lowest BCUT2D eigenvalue weighted by molar-refractivity contribution is -0.135. The second kappa shape index (κ2) is 7.28. The van der Waals surface area contributed by atoms with Crippen LogP contribution in [0.2, 0.25) is 0 Å². The normalized spacial score (nSPS) is 16.3. The SMILES string of the molecule is O=C(Cn1cnc2c(sc3nc(-c4ccco4)c4c(c32)CCC4)c1=O)N1CCOCC1. The lowest BCUT2D eigenvalue weighted by Crippen LogP contribution is -2.43. The van der Waals surface area contributed by atoms with Gasteiger partial charge in [-0.05, 0) is 42.5 Å². The van der Waals surface area contributed by atoms with E-state index in [4.69, 9.17) is 14.1 Å². The monoisotopic (exact) mass is 436 g/mol. The van der Waals surface area contributed by atoms with Gasteiger partial charge in [0.2, 0.25) is 5.91 Å². The number of nitrogens with zero attached hydrogens (tertiary/aromatic N) is 4. The highest BCUT2D eigenvalue weighted by Crippen LogP contribution is 2.41.